The van der Waals surface area contributed by atoms with E-state index in [1.807, 2.05) is 0 Å². The van der Waals surface area contributed by atoms with Crippen LogP contribution in [-0.4, -0.2) is 0 Å². The first kappa shape index (κ1) is 57.0. The third kappa shape index (κ3) is 45.4. The molecule has 0 radical (unpaired) electrons. The molecule has 0 aliphatic heterocycles. The summed E-state index contributed by atoms with van der Waals surface area (Å²) < 4.78 is 0. The van der Waals surface area contributed by atoms with E-state index >= 15 is 0 Å². The van der Waals surface area contributed by atoms with Crippen LogP contribution in [0.4, 0.5) is 0 Å². The summed E-state index contributed by atoms with van der Waals surface area (Å²) in [5.74, 6) is 0.984. The highest BCUT2D eigenvalue weighted by molar-refractivity contribution is 4.79. The molecule has 2 unspecified atom stereocenters. The van der Waals surface area contributed by atoms with Gasteiger partial charge in [0, 0.05) is 0 Å². The van der Waals surface area contributed by atoms with Crippen molar-refractivity contribution in [1.29, 1.82) is 0 Å². The van der Waals surface area contributed by atoms with Gasteiger partial charge in [-0.3, -0.25) is 0 Å². The van der Waals surface area contributed by atoms with Gasteiger partial charge in [0.25, 0.3) is 0 Å². The van der Waals surface area contributed by atoms with E-state index in [4.69, 9.17) is 0 Å². The van der Waals surface area contributed by atoms with E-state index in [0.717, 1.165) is 5.92 Å². The lowest BCUT2D eigenvalue weighted by atomic mass is 9.71. The Morgan fingerprint density at radius 1 is 0.228 bits per heavy atom. The molecule has 0 nitrogen and oxygen atoms in total. The van der Waals surface area contributed by atoms with Gasteiger partial charge >= 0.3 is 0 Å². The van der Waals surface area contributed by atoms with E-state index in [9.17, 15) is 0 Å². The van der Waals surface area contributed by atoms with E-state index in [1.165, 1.54) is 321 Å². The van der Waals surface area contributed by atoms with Crippen molar-refractivity contribution in [1.82, 2.24) is 0 Å². The zero-order chi connectivity index (χ0) is 41.4. The molecule has 57 heavy (non-hydrogen) atoms. The highest BCUT2D eigenvalue weighted by atomic mass is 14.3. The maximum Gasteiger partial charge on any atom is -0.0323 e. The summed E-state index contributed by atoms with van der Waals surface area (Å²) in [6.07, 6.45) is 73.9. The van der Waals surface area contributed by atoms with E-state index < -0.39 is 0 Å². The van der Waals surface area contributed by atoms with Crippen LogP contribution in [0.25, 0.3) is 0 Å². The first-order valence-corrected chi connectivity index (χ1v) is 28.1. The Kier molecular flexibility index (Phi) is 48.7. The fourth-order valence-corrected chi connectivity index (χ4v) is 10.2. The second-order valence-corrected chi connectivity index (χ2v) is 20.5. The van der Waals surface area contributed by atoms with Crippen LogP contribution in [0.15, 0.2) is 0 Å². The SMILES string of the molecule is CCCCCCCCCCCCCCCC(CCCCCCCCCCCC)CC(C)(CCCCCCCCCCCC)CCCCCCCCCCCCCC. The second kappa shape index (κ2) is 48.7. The minimum Gasteiger partial charge on any atom is -0.0654 e. The van der Waals surface area contributed by atoms with Crippen molar-refractivity contribution in [2.75, 3.05) is 0 Å². The summed E-state index contributed by atoms with van der Waals surface area (Å²) in [5, 5.41) is 0. The average molecular weight is 802 g/mol. The largest absolute Gasteiger partial charge is 0.0654 e. The molecule has 0 heteroatoms. The topological polar surface area (TPSA) is 0 Å². The van der Waals surface area contributed by atoms with Crippen molar-refractivity contribution in [3.8, 4) is 0 Å². The lowest BCUT2D eigenvalue weighted by molar-refractivity contribution is 0.175. The van der Waals surface area contributed by atoms with Gasteiger partial charge in [-0.2, -0.15) is 0 Å². The van der Waals surface area contributed by atoms with Crippen molar-refractivity contribution < 1.29 is 0 Å². The molecule has 0 saturated heterocycles. The third-order valence-corrected chi connectivity index (χ3v) is 14.2. The molecule has 0 rings (SSSR count). The fourth-order valence-electron chi connectivity index (χ4n) is 10.2. The summed E-state index contributed by atoms with van der Waals surface area (Å²) in [4.78, 5) is 0. The molecule has 0 aromatic rings. The Balaban J connectivity index is 4.91. The predicted molar refractivity (Wildman–Crippen MR) is 265 cm³/mol. The molecule has 0 aromatic heterocycles. The zero-order valence-electron chi connectivity index (χ0n) is 41.4. The number of rotatable bonds is 51. The molecule has 0 amide bonds. The molecule has 0 bridgehead atoms. The first-order chi connectivity index (χ1) is 28.1. The molecule has 0 saturated carbocycles. The van der Waals surface area contributed by atoms with E-state index in [1.54, 1.807) is 0 Å². The molecule has 0 N–H and O–H groups in total. The minimum atomic E-state index is 0.582. The van der Waals surface area contributed by atoms with Crippen LogP contribution in [0.2, 0.25) is 0 Å². The Hall–Kier alpha value is 0. The quantitative estimate of drug-likeness (QED) is 0.0538. The number of unbranched alkanes of at least 4 members (excludes halogenated alkanes) is 41. The highest BCUT2D eigenvalue weighted by Gasteiger charge is 2.27. The fraction of sp³-hybridized carbons (Fsp3) is 1.00. The van der Waals surface area contributed by atoms with Crippen molar-refractivity contribution in [3.05, 3.63) is 0 Å². The number of hydrogen-bond donors (Lipinski definition) is 0. The lowest BCUT2D eigenvalue weighted by Crippen LogP contribution is -2.21. The van der Waals surface area contributed by atoms with Gasteiger partial charge in [0.2, 0.25) is 0 Å². The maximum atomic E-state index is 2.77. The molecule has 0 fully saturated rings. The second-order valence-electron chi connectivity index (χ2n) is 20.5. The average Bonchev–Trinajstić information content (AvgIpc) is 3.21. The van der Waals surface area contributed by atoms with Crippen LogP contribution in [0.5, 0.6) is 0 Å². The van der Waals surface area contributed by atoms with Gasteiger partial charge in [0.15, 0.2) is 0 Å². The maximum absolute atomic E-state index is 2.77. The van der Waals surface area contributed by atoms with E-state index in [-0.39, 0.29) is 0 Å². The van der Waals surface area contributed by atoms with Gasteiger partial charge in [-0.25, -0.2) is 0 Å². The van der Waals surface area contributed by atoms with Gasteiger partial charge < -0.3 is 0 Å². The standard InChI is InChI=1S/C57H116/c1-6-10-14-18-22-26-30-32-33-36-40-44-48-52-56(51-47-43-39-35-28-24-20-16-12-8-3)55-57(5,53-49-45-41-37-29-25-21-17-13-9-4)54-50-46-42-38-34-31-27-23-19-15-11-7-2/h56H,6-55H2,1-5H3. The van der Waals surface area contributed by atoms with Crippen molar-refractivity contribution in [3.63, 3.8) is 0 Å². The van der Waals surface area contributed by atoms with Crippen molar-refractivity contribution in [2.24, 2.45) is 11.3 Å². The molecule has 0 heterocycles. The Labute approximate surface area is 365 Å². The van der Waals surface area contributed by atoms with Gasteiger partial charge in [-0.1, -0.05) is 336 Å². The van der Waals surface area contributed by atoms with Gasteiger partial charge in [0.1, 0.15) is 0 Å². The molecule has 2 atom stereocenters. The van der Waals surface area contributed by atoms with Gasteiger partial charge in [-0.15, -0.1) is 0 Å². The van der Waals surface area contributed by atoms with Crippen LogP contribution in [-0.2, 0) is 0 Å². The van der Waals surface area contributed by atoms with Gasteiger partial charge in [-0.05, 0) is 30.6 Å². The monoisotopic (exact) mass is 801 g/mol. The summed E-state index contributed by atoms with van der Waals surface area (Å²) >= 11 is 0. The van der Waals surface area contributed by atoms with Crippen LogP contribution in [0.1, 0.15) is 356 Å². The molecular weight excluding hydrogens is 685 g/mol. The molecular formula is C57H116. The van der Waals surface area contributed by atoms with E-state index in [2.05, 4.69) is 34.6 Å². The van der Waals surface area contributed by atoms with Crippen molar-refractivity contribution >= 4 is 0 Å². The molecule has 0 spiro atoms. The van der Waals surface area contributed by atoms with Crippen LogP contribution in [0.3, 0.4) is 0 Å². The third-order valence-electron chi connectivity index (χ3n) is 14.2. The van der Waals surface area contributed by atoms with Crippen molar-refractivity contribution in [2.45, 2.75) is 356 Å². The Morgan fingerprint density at radius 3 is 0.614 bits per heavy atom. The van der Waals surface area contributed by atoms with Gasteiger partial charge in [0.05, 0.1) is 0 Å². The molecule has 0 aliphatic rings. The molecule has 0 aromatic carbocycles. The Bertz CT molecular complexity index is 694. The lowest BCUT2D eigenvalue weighted by Gasteiger charge is -2.34. The predicted octanol–water partition coefficient (Wildman–Crippen LogP) is 22.2. The number of hydrogen-bond acceptors (Lipinski definition) is 0. The first-order valence-electron chi connectivity index (χ1n) is 28.1. The normalized spacial score (nSPS) is 13.4. The highest BCUT2D eigenvalue weighted by Crippen LogP contribution is 2.41. The minimum absolute atomic E-state index is 0.582. The van der Waals surface area contributed by atoms with Crippen LogP contribution in [0, 0.1) is 11.3 Å². The van der Waals surface area contributed by atoms with Crippen LogP contribution >= 0.6 is 0 Å². The Morgan fingerprint density at radius 2 is 0.404 bits per heavy atom. The summed E-state index contributed by atoms with van der Waals surface area (Å²) in [5.41, 5.74) is 0.582. The molecule has 344 valence electrons. The zero-order valence-corrected chi connectivity index (χ0v) is 41.4. The summed E-state index contributed by atoms with van der Waals surface area (Å²) in [6.45, 7) is 12.1. The van der Waals surface area contributed by atoms with Crippen LogP contribution < -0.4 is 0 Å². The molecule has 0 aliphatic carbocycles. The summed E-state index contributed by atoms with van der Waals surface area (Å²) in [7, 11) is 0. The summed E-state index contributed by atoms with van der Waals surface area (Å²) in [6, 6.07) is 0. The van der Waals surface area contributed by atoms with E-state index in [0.29, 0.717) is 5.41 Å². The smallest absolute Gasteiger partial charge is 0.0323 e.